The molecule has 3 heteroatoms. The first-order chi connectivity index (χ1) is 10.0. The summed E-state index contributed by atoms with van der Waals surface area (Å²) in [5, 5.41) is 13.5. The highest BCUT2D eigenvalue weighted by molar-refractivity contribution is 5.52. The van der Waals surface area contributed by atoms with Gasteiger partial charge >= 0.3 is 0 Å². The van der Waals surface area contributed by atoms with Gasteiger partial charge in [0.05, 0.1) is 6.10 Å². The van der Waals surface area contributed by atoms with Crippen LogP contribution in [0.5, 0.6) is 0 Å². The number of aliphatic hydroxyl groups excluding tert-OH is 1. The van der Waals surface area contributed by atoms with Crippen LogP contribution in [-0.4, -0.2) is 30.3 Å². The standard InChI is InChI=1S/C18H28N2O/c1-12(2)19-9-14-4-6-16(8-13(14)3)20-10-15-5-7-18(21)17(15)11-20/h4,6,8,12,15,17-19,21H,5,7,9-11H2,1-3H3. The van der Waals surface area contributed by atoms with Crippen molar-refractivity contribution in [3.05, 3.63) is 29.3 Å². The second-order valence-electron chi connectivity index (χ2n) is 7.12. The maximum Gasteiger partial charge on any atom is 0.0588 e. The van der Waals surface area contributed by atoms with Crippen molar-refractivity contribution in [2.75, 3.05) is 18.0 Å². The van der Waals surface area contributed by atoms with Crippen LogP contribution in [0.15, 0.2) is 18.2 Å². The summed E-state index contributed by atoms with van der Waals surface area (Å²) in [5.74, 6) is 1.19. The molecule has 0 radical (unpaired) electrons. The molecule has 0 amide bonds. The molecule has 21 heavy (non-hydrogen) atoms. The van der Waals surface area contributed by atoms with Gasteiger partial charge in [-0.2, -0.15) is 0 Å². The molecule has 3 nitrogen and oxygen atoms in total. The monoisotopic (exact) mass is 288 g/mol. The highest BCUT2D eigenvalue weighted by atomic mass is 16.3. The number of aryl methyl sites for hydroxylation is 1. The first kappa shape index (κ1) is 14.9. The van der Waals surface area contributed by atoms with E-state index < -0.39 is 0 Å². The number of rotatable bonds is 4. The van der Waals surface area contributed by atoms with Crippen molar-refractivity contribution in [2.45, 2.75) is 52.3 Å². The minimum Gasteiger partial charge on any atom is -0.393 e. The van der Waals surface area contributed by atoms with E-state index in [1.54, 1.807) is 0 Å². The second-order valence-corrected chi connectivity index (χ2v) is 7.12. The maximum absolute atomic E-state index is 10.0. The quantitative estimate of drug-likeness (QED) is 0.894. The molecule has 0 bridgehead atoms. The third-order valence-corrected chi connectivity index (χ3v) is 5.21. The van der Waals surface area contributed by atoms with E-state index in [0.717, 1.165) is 26.1 Å². The Kier molecular flexibility index (Phi) is 4.23. The van der Waals surface area contributed by atoms with Gasteiger partial charge < -0.3 is 15.3 Å². The molecule has 2 fully saturated rings. The first-order valence-electron chi connectivity index (χ1n) is 8.30. The molecular weight excluding hydrogens is 260 g/mol. The number of benzene rings is 1. The average Bonchev–Trinajstić information content (AvgIpc) is 3.00. The highest BCUT2D eigenvalue weighted by Crippen LogP contribution is 2.40. The van der Waals surface area contributed by atoms with E-state index in [0.29, 0.717) is 17.9 Å². The predicted octanol–water partition coefficient (Wildman–Crippen LogP) is 2.70. The van der Waals surface area contributed by atoms with Crippen LogP contribution >= 0.6 is 0 Å². The SMILES string of the molecule is Cc1cc(N2CC3CCC(O)C3C2)ccc1CNC(C)C. The van der Waals surface area contributed by atoms with Crippen molar-refractivity contribution in [1.29, 1.82) is 0 Å². The van der Waals surface area contributed by atoms with E-state index in [9.17, 15) is 5.11 Å². The second kappa shape index (κ2) is 5.98. The Morgan fingerprint density at radius 2 is 2.10 bits per heavy atom. The molecule has 1 saturated heterocycles. The summed E-state index contributed by atoms with van der Waals surface area (Å²) in [7, 11) is 0. The van der Waals surface area contributed by atoms with E-state index in [-0.39, 0.29) is 6.10 Å². The van der Waals surface area contributed by atoms with Gasteiger partial charge in [-0.3, -0.25) is 0 Å². The zero-order chi connectivity index (χ0) is 15.0. The molecule has 1 heterocycles. The zero-order valence-corrected chi connectivity index (χ0v) is 13.5. The lowest BCUT2D eigenvalue weighted by atomic mass is 10.00. The lowest BCUT2D eigenvalue weighted by Gasteiger charge is -2.22. The van der Waals surface area contributed by atoms with Crippen LogP contribution in [0.3, 0.4) is 0 Å². The highest BCUT2D eigenvalue weighted by Gasteiger charge is 2.41. The van der Waals surface area contributed by atoms with Gasteiger partial charge in [-0.15, -0.1) is 0 Å². The first-order valence-corrected chi connectivity index (χ1v) is 8.30. The summed E-state index contributed by atoms with van der Waals surface area (Å²) in [6.45, 7) is 9.63. The van der Waals surface area contributed by atoms with Gasteiger partial charge in [0, 0.05) is 37.3 Å². The Labute approximate surface area is 128 Å². The smallest absolute Gasteiger partial charge is 0.0588 e. The normalized spacial score (nSPS) is 28.4. The third-order valence-electron chi connectivity index (χ3n) is 5.21. The molecule has 1 aromatic carbocycles. The fraction of sp³-hybridized carbons (Fsp3) is 0.667. The molecule has 0 aromatic heterocycles. The lowest BCUT2D eigenvalue weighted by Crippen LogP contribution is -2.25. The van der Waals surface area contributed by atoms with Gasteiger partial charge in [0.25, 0.3) is 0 Å². The molecule has 0 spiro atoms. The van der Waals surface area contributed by atoms with E-state index >= 15 is 0 Å². The van der Waals surface area contributed by atoms with Crippen LogP contribution < -0.4 is 10.2 Å². The van der Waals surface area contributed by atoms with E-state index in [4.69, 9.17) is 0 Å². The molecular formula is C18H28N2O. The van der Waals surface area contributed by atoms with Gasteiger partial charge in [-0.25, -0.2) is 0 Å². The summed E-state index contributed by atoms with van der Waals surface area (Å²) in [5.41, 5.74) is 4.06. The number of hydrogen-bond acceptors (Lipinski definition) is 3. The number of aliphatic hydroxyl groups is 1. The Hall–Kier alpha value is -1.06. The van der Waals surface area contributed by atoms with Crippen LogP contribution in [0, 0.1) is 18.8 Å². The van der Waals surface area contributed by atoms with Crippen LogP contribution in [0.2, 0.25) is 0 Å². The van der Waals surface area contributed by atoms with Crippen molar-refractivity contribution in [3.63, 3.8) is 0 Å². The summed E-state index contributed by atoms with van der Waals surface area (Å²) in [4.78, 5) is 2.46. The van der Waals surface area contributed by atoms with E-state index in [1.807, 2.05) is 0 Å². The van der Waals surface area contributed by atoms with Gasteiger partial charge in [0.1, 0.15) is 0 Å². The van der Waals surface area contributed by atoms with Crippen LogP contribution in [0.25, 0.3) is 0 Å². The predicted molar refractivity (Wildman–Crippen MR) is 87.6 cm³/mol. The number of nitrogens with zero attached hydrogens (tertiary/aromatic N) is 1. The molecule has 116 valence electrons. The summed E-state index contributed by atoms with van der Waals surface area (Å²) in [6.07, 6.45) is 2.12. The topological polar surface area (TPSA) is 35.5 Å². The molecule has 3 unspecified atom stereocenters. The molecule has 3 atom stereocenters. The lowest BCUT2D eigenvalue weighted by molar-refractivity contribution is 0.133. The van der Waals surface area contributed by atoms with Crippen molar-refractivity contribution in [3.8, 4) is 0 Å². The van der Waals surface area contributed by atoms with Crippen LogP contribution in [0.1, 0.15) is 37.8 Å². The fourth-order valence-electron chi connectivity index (χ4n) is 3.84. The molecule has 3 rings (SSSR count). The number of hydrogen-bond donors (Lipinski definition) is 2. The molecule has 1 aliphatic heterocycles. The van der Waals surface area contributed by atoms with Gasteiger partial charge in [-0.1, -0.05) is 19.9 Å². The summed E-state index contributed by atoms with van der Waals surface area (Å²) < 4.78 is 0. The van der Waals surface area contributed by atoms with Crippen molar-refractivity contribution in [2.24, 2.45) is 11.8 Å². The summed E-state index contributed by atoms with van der Waals surface area (Å²) in [6, 6.07) is 7.33. The minimum absolute atomic E-state index is 0.0735. The number of anilines is 1. The molecule has 2 N–H and O–H groups in total. The molecule has 1 saturated carbocycles. The van der Waals surface area contributed by atoms with Crippen LogP contribution in [0.4, 0.5) is 5.69 Å². The minimum atomic E-state index is -0.0735. The largest absolute Gasteiger partial charge is 0.393 e. The molecule has 1 aromatic rings. The van der Waals surface area contributed by atoms with Crippen LogP contribution in [-0.2, 0) is 6.54 Å². The zero-order valence-electron chi connectivity index (χ0n) is 13.5. The van der Waals surface area contributed by atoms with E-state index in [2.05, 4.69) is 49.2 Å². The van der Waals surface area contributed by atoms with Crippen molar-refractivity contribution < 1.29 is 5.11 Å². The van der Waals surface area contributed by atoms with Crippen molar-refractivity contribution in [1.82, 2.24) is 5.32 Å². The Bertz CT molecular complexity index is 500. The Morgan fingerprint density at radius 1 is 1.29 bits per heavy atom. The maximum atomic E-state index is 10.0. The number of fused-ring (bicyclic) bond motifs is 1. The number of nitrogens with one attached hydrogen (secondary N) is 1. The third kappa shape index (κ3) is 3.09. The Balaban J connectivity index is 1.68. The molecule has 2 aliphatic rings. The van der Waals surface area contributed by atoms with Gasteiger partial charge in [0.2, 0.25) is 0 Å². The van der Waals surface area contributed by atoms with Crippen molar-refractivity contribution >= 4 is 5.69 Å². The van der Waals surface area contributed by atoms with Gasteiger partial charge in [0.15, 0.2) is 0 Å². The average molecular weight is 288 g/mol. The molecule has 1 aliphatic carbocycles. The van der Waals surface area contributed by atoms with Gasteiger partial charge in [-0.05, 0) is 48.9 Å². The summed E-state index contributed by atoms with van der Waals surface area (Å²) >= 11 is 0. The fourth-order valence-corrected chi connectivity index (χ4v) is 3.84. The van der Waals surface area contributed by atoms with E-state index in [1.165, 1.54) is 23.2 Å². The Morgan fingerprint density at radius 3 is 2.76 bits per heavy atom.